The van der Waals surface area contributed by atoms with Crippen LogP contribution in [0.3, 0.4) is 0 Å². The van der Waals surface area contributed by atoms with E-state index in [9.17, 15) is 5.11 Å². The lowest BCUT2D eigenvalue weighted by Crippen LogP contribution is -2.47. The first-order valence-electron chi connectivity index (χ1n) is 10.1. The Hall–Kier alpha value is -2.28. The Morgan fingerprint density at radius 3 is 2.96 bits per heavy atom. The number of aliphatic hydroxyl groups excluding tert-OH is 1. The van der Waals surface area contributed by atoms with Crippen molar-refractivity contribution in [3.05, 3.63) is 59.7 Å². The number of aromatic nitrogens is 3. The molecule has 0 bridgehead atoms. The molecule has 2 aromatic heterocycles. The maximum absolute atomic E-state index is 10.1. The average Bonchev–Trinajstić information content (AvgIpc) is 3.13. The summed E-state index contributed by atoms with van der Waals surface area (Å²) in [7, 11) is 0. The molecule has 2 heterocycles. The monoisotopic (exact) mass is 379 g/mol. The molecule has 2 unspecified atom stereocenters. The van der Waals surface area contributed by atoms with Crippen molar-refractivity contribution in [3.63, 3.8) is 0 Å². The summed E-state index contributed by atoms with van der Waals surface area (Å²) in [5, 5.41) is 10.1. The van der Waals surface area contributed by atoms with Gasteiger partial charge in [-0.2, -0.15) is 0 Å². The van der Waals surface area contributed by atoms with Gasteiger partial charge < -0.3 is 15.8 Å². The zero-order valence-electron chi connectivity index (χ0n) is 16.4. The Kier molecular flexibility index (Phi) is 5.44. The summed E-state index contributed by atoms with van der Waals surface area (Å²) in [6, 6.07) is 12.3. The van der Waals surface area contributed by atoms with E-state index in [1.807, 2.05) is 36.5 Å². The van der Waals surface area contributed by atoms with Gasteiger partial charge in [-0.3, -0.25) is 9.88 Å². The molecule has 3 aromatic rings. The van der Waals surface area contributed by atoms with E-state index in [4.69, 9.17) is 15.7 Å². The van der Waals surface area contributed by atoms with Crippen LogP contribution in [0.25, 0.3) is 11.0 Å². The van der Waals surface area contributed by atoms with Crippen molar-refractivity contribution in [2.45, 2.75) is 50.8 Å². The van der Waals surface area contributed by atoms with Crippen molar-refractivity contribution in [2.75, 3.05) is 13.1 Å². The number of aromatic amines is 1. The highest BCUT2D eigenvalue weighted by atomic mass is 16.3. The first-order chi connectivity index (χ1) is 13.6. The highest BCUT2D eigenvalue weighted by Crippen LogP contribution is 2.39. The van der Waals surface area contributed by atoms with Gasteiger partial charge in [-0.25, -0.2) is 4.98 Å². The number of hydrogen-bond acceptors (Lipinski definition) is 5. The fraction of sp³-hybridized carbons (Fsp3) is 0.455. The Morgan fingerprint density at radius 1 is 1.29 bits per heavy atom. The maximum atomic E-state index is 10.1. The number of H-pyrrole nitrogens is 1. The molecule has 0 fully saturated rings. The summed E-state index contributed by atoms with van der Waals surface area (Å²) in [4.78, 5) is 15.4. The number of nitrogens with one attached hydrogen (secondary N) is 1. The Morgan fingerprint density at radius 2 is 2.14 bits per heavy atom. The number of fused-ring (bicyclic) bond motifs is 2. The summed E-state index contributed by atoms with van der Waals surface area (Å²) >= 11 is 0. The van der Waals surface area contributed by atoms with Crippen LogP contribution >= 0.6 is 0 Å². The van der Waals surface area contributed by atoms with Crippen molar-refractivity contribution in [1.29, 1.82) is 0 Å². The maximum Gasteiger partial charge on any atom is 0.121 e. The lowest BCUT2D eigenvalue weighted by molar-refractivity contribution is 0.0497. The lowest BCUT2D eigenvalue weighted by Gasteiger charge is -2.44. The third-order valence-corrected chi connectivity index (χ3v) is 5.99. The van der Waals surface area contributed by atoms with E-state index in [-0.39, 0.29) is 12.1 Å². The predicted molar refractivity (Wildman–Crippen MR) is 111 cm³/mol. The molecule has 1 aliphatic rings. The number of imidazole rings is 1. The fourth-order valence-corrected chi connectivity index (χ4v) is 4.36. The topological polar surface area (TPSA) is 91.1 Å². The fourth-order valence-electron chi connectivity index (χ4n) is 4.36. The largest absolute Gasteiger partial charge is 0.392 e. The van der Waals surface area contributed by atoms with Gasteiger partial charge in [-0.1, -0.05) is 18.2 Å². The van der Waals surface area contributed by atoms with Crippen LogP contribution in [-0.4, -0.2) is 44.2 Å². The van der Waals surface area contributed by atoms with E-state index in [0.29, 0.717) is 13.0 Å². The van der Waals surface area contributed by atoms with Crippen molar-refractivity contribution in [3.8, 4) is 0 Å². The summed E-state index contributed by atoms with van der Waals surface area (Å²) in [6.45, 7) is 3.97. The number of nitrogens with zero attached hydrogens (tertiary/aromatic N) is 3. The number of benzene rings is 1. The number of aryl methyl sites for hydroxylation is 1. The quantitative estimate of drug-likeness (QED) is 0.587. The van der Waals surface area contributed by atoms with Gasteiger partial charge in [0, 0.05) is 19.3 Å². The van der Waals surface area contributed by atoms with Crippen LogP contribution in [0.4, 0.5) is 0 Å². The van der Waals surface area contributed by atoms with Gasteiger partial charge in [-0.05, 0) is 56.4 Å². The first-order valence-corrected chi connectivity index (χ1v) is 10.1. The second-order valence-electron chi connectivity index (χ2n) is 7.94. The molecule has 0 spiro atoms. The van der Waals surface area contributed by atoms with Crippen LogP contribution in [-0.2, 0) is 18.5 Å². The van der Waals surface area contributed by atoms with Gasteiger partial charge in [0.1, 0.15) is 5.82 Å². The number of nitrogens with two attached hydrogens (primary N) is 1. The third-order valence-electron chi connectivity index (χ3n) is 5.99. The Labute approximate surface area is 165 Å². The van der Waals surface area contributed by atoms with Crippen LogP contribution in [0.5, 0.6) is 0 Å². The summed E-state index contributed by atoms with van der Waals surface area (Å²) in [6.07, 6.45) is 5.27. The van der Waals surface area contributed by atoms with Gasteiger partial charge in [0.25, 0.3) is 0 Å². The number of pyridine rings is 1. The van der Waals surface area contributed by atoms with Crippen molar-refractivity contribution in [1.82, 2.24) is 19.9 Å². The van der Waals surface area contributed by atoms with Crippen LogP contribution in [0.15, 0.2) is 42.6 Å². The van der Waals surface area contributed by atoms with Crippen molar-refractivity contribution < 1.29 is 5.11 Å². The number of para-hydroxylation sites is 2. The molecule has 28 heavy (non-hydrogen) atoms. The Balaban J connectivity index is 1.67. The minimum atomic E-state index is -0.492. The predicted octanol–water partition coefficient (Wildman–Crippen LogP) is 2.72. The standard InChI is InChI=1S/C22H29N5O/c1-22(11-4-6-16-7-5-12-24-21(16)22)27(13-10-17(28)14-23)15-20-25-18-8-2-3-9-19(18)26-20/h2-3,5,7-9,12,17,28H,4,6,10-11,13-15,23H2,1H3,(H,25,26). The summed E-state index contributed by atoms with van der Waals surface area (Å²) < 4.78 is 0. The second-order valence-corrected chi connectivity index (χ2v) is 7.94. The normalized spacial score (nSPS) is 20.4. The van der Waals surface area contributed by atoms with Crippen LogP contribution in [0, 0.1) is 0 Å². The highest BCUT2D eigenvalue weighted by molar-refractivity contribution is 5.74. The molecule has 0 radical (unpaired) electrons. The lowest BCUT2D eigenvalue weighted by atomic mass is 9.79. The molecule has 1 aliphatic carbocycles. The third kappa shape index (κ3) is 3.68. The molecule has 0 amide bonds. The molecule has 0 saturated carbocycles. The minimum absolute atomic E-state index is 0.192. The SMILES string of the molecule is CC1(N(CCC(O)CN)Cc2nc3ccccc3[nH]2)CCCc2cccnc21. The van der Waals surface area contributed by atoms with Gasteiger partial charge in [-0.15, -0.1) is 0 Å². The van der Waals surface area contributed by atoms with Gasteiger partial charge in [0.15, 0.2) is 0 Å². The zero-order valence-corrected chi connectivity index (χ0v) is 16.4. The van der Waals surface area contributed by atoms with E-state index in [2.05, 4.69) is 22.9 Å². The minimum Gasteiger partial charge on any atom is -0.392 e. The van der Waals surface area contributed by atoms with E-state index in [1.165, 1.54) is 5.56 Å². The number of hydrogen-bond donors (Lipinski definition) is 3. The van der Waals surface area contributed by atoms with Gasteiger partial charge >= 0.3 is 0 Å². The van der Waals surface area contributed by atoms with Crippen LogP contribution in [0.1, 0.15) is 43.3 Å². The molecule has 6 nitrogen and oxygen atoms in total. The van der Waals surface area contributed by atoms with Crippen LogP contribution in [0.2, 0.25) is 0 Å². The second kappa shape index (κ2) is 7.99. The molecule has 4 rings (SSSR count). The molecule has 4 N–H and O–H groups in total. The number of aliphatic hydroxyl groups is 1. The molecule has 2 atom stereocenters. The van der Waals surface area contributed by atoms with Crippen LogP contribution < -0.4 is 5.73 Å². The van der Waals surface area contributed by atoms with E-state index in [0.717, 1.165) is 48.4 Å². The van der Waals surface area contributed by atoms with E-state index in [1.54, 1.807) is 0 Å². The van der Waals surface area contributed by atoms with Gasteiger partial charge in [0.05, 0.1) is 34.9 Å². The van der Waals surface area contributed by atoms with Crippen molar-refractivity contribution >= 4 is 11.0 Å². The molecule has 6 heteroatoms. The highest BCUT2D eigenvalue weighted by Gasteiger charge is 2.39. The number of rotatable bonds is 7. The average molecular weight is 380 g/mol. The zero-order chi connectivity index (χ0) is 19.6. The smallest absolute Gasteiger partial charge is 0.121 e. The molecule has 0 aliphatic heterocycles. The van der Waals surface area contributed by atoms with E-state index >= 15 is 0 Å². The molecule has 148 valence electrons. The first kappa shape index (κ1) is 19.1. The van der Waals surface area contributed by atoms with E-state index < -0.39 is 6.10 Å². The Bertz CT molecular complexity index is 906. The molecule has 1 aromatic carbocycles. The molecular weight excluding hydrogens is 350 g/mol. The van der Waals surface area contributed by atoms with Gasteiger partial charge in [0.2, 0.25) is 0 Å². The summed E-state index contributed by atoms with van der Waals surface area (Å²) in [5.41, 5.74) is 9.96. The molecular formula is C22H29N5O. The van der Waals surface area contributed by atoms with Crippen molar-refractivity contribution in [2.24, 2.45) is 5.73 Å². The molecule has 0 saturated heterocycles. The summed E-state index contributed by atoms with van der Waals surface area (Å²) in [5.74, 6) is 0.938.